The van der Waals surface area contributed by atoms with Gasteiger partial charge in [-0.05, 0) is 44.4 Å². The second kappa shape index (κ2) is 11.2. The summed E-state index contributed by atoms with van der Waals surface area (Å²) in [6, 6.07) is -0.987. The van der Waals surface area contributed by atoms with Crippen molar-refractivity contribution in [3.05, 3.63) is 0 Å². The molecule has 4 unspecified atom stereocenters. The summed E-state index contributed by atoms with van der Waals surface area (Å²) in [5.74, 6) is 1.27. The molecule has 3 rings (SSSR count). The van der Waals surface area contributed by atoms with Crippen LogP contribution in [-0.2, 0) is 9.53 Å². The molecular weight excluding hydrogens is 428 g/mol. The molecule has 0 aromatic heterocycles. The summed E-state index contributed by atoms with van der Waals surface area (Å²) in [5, 5.41) is 36.5. The number of carbonyl (C=O) groups excluding carboxylic acids is 1. The zero-order valence-electron chi connectivity index (χ0n) is 17.9. The standard InChI is InChI=1S/C21H37ClN2O5S/c1-11(22)15(19-17(26)16(25)18(27)21(29-19)30-2)24-20(28)14-10-13(8-9-23-14)7-6-12-4-3-5-12/h11-19,21,23,25-27H,3-10H2,1-2H3,(H,24,28)/t11?,13?,14?,15?,16-,17+,18+,19+,21+/m0/s1. The molecule has 7 nitrogen and oxygen atoms in total. The molecule has 0 aromatic carbocycles. The molecule has 0 bridgehead atoms. The SMILES string of the molecule is CS[C@H]1O[C@H](C(NC(=O)C2CC(CCC3CCC3)CCN2)C(C)Cl)[C@H](O)[C@H](O)[C@H]1O. The van der Waals surface area contributed by atoms with E-state index in [2.05, 4.69) is 10.6 Å². The van der Waals surface area contributed by atoms with Gasteiger partial charge in [0.15, 0.2) is 0 Å². The molecule has 174 valence electrons. The number of aliphatic hydroxyl groups is 3. The fraction of sp³-hybridized carbons (Fsp3) is 0.952. The highest BCUT2D eigenvalue weighted by molar-refractivity contribution is 7.99. The molecule has 9 atom stereocenters. The molecule has 1 aliphatic carbocycles. The minimum atomic E-state index is -1.36. The second-order valence-electron chi connectivity index (χ2n) is 9.16. The number of aliphatic hydroxyl groups excluding tert-OH is 3. The maximum Gasteiger partial charge on any atom is 0.237 e. The van der Waals surface area contributed by atoms with Crippen LogP contribution in [0.25, 0.3) is 0 Å². The van der Waals surface area contributed by atoms with Crippen molar-refractivity contribution in [2.45, 2.75) is 99.2 Å². The van der Waals surface area contributed by atoms with Crippen LogP contribution >= 0.6 is 23.4 Å². The van der Waals surface area contributed by atoms with E-state index in [-0.39, 0.29) is 11.9 Å². The van der Waals surface area contributed by atoms with Gasteiger partial charge in [0.05, 0.1) is 17.5 Å². The fourth-order valence-corrected chi connectivity index (χ4v) is 5.69. The molecule has 30 heavy (non-hydrogen) atoms. The van der Waals surface area contributed by atoms with Crippen LogP contribution in [0.2, 0.25) is 0 Å². The Morgan fingerprint density at radius 2 is 1.87 bits per heavy atom. The number of piperidine rings is 1. The normalized spacial score (nSPS) is 39.7. The van der Waals surface area contributed by atoms with E-state index in [1.54, 1.807) is 13.2 Å². The van der Waals surface area contributed by atoms with Crippen molar-refractivity contribution in [2.24, 2.45) is 11.8 Å². The number of rotatable bonds is 8. The molecule has 1 amide bonds. The molecule has 5 N–H and O–H groups in total. The van der Waals surface area contributed by atoms with Gasteiger partial charge in [-0.3, -0.25) is 4.79 Å². The Morgan fingerprint density at radius 3 is 2.47 bits per heavy atom. The van der Waals surface area contributed by atoms with E-state index in [0.29, 0.717) is 5.92 Å². The van der Waals surface area contributed by atoms with Crippen molar-refractivity contribution in [3.8, 4) is 0 Å². The van der Waals surface area contributed by atoms with Crippen molar-refractivity contribution < 1.29 is 24.9 Å². The Bertz CT molecular complexity index is 566. The molecule has 0 aromatic rings. The van der Waals surface area contributed by atoms with Crippen LogP contribution in [0.3, 0.4) is 0 Å². The van der Waals surface area contributed by atoms with Gasteiger partial charge in [-0.15, -0.1) is 23.4 Å². The van der Waals surface area contributed by atoms with Crippen molar-refractivity contribution in [2.75, 3.05) is 12.8 Å². The number of thioether (sulfide) groups is 1. The predicted molar refractivity (Wildman–Crippen MR) is 119 cm³/mol. The van der Waals surface area contributed by atoms with Gasteiger partial charge in [-0.25, -0.2) is 0 Å². The largest absolute Gasteiger partial charge is 0.388 e. The Morgan fingerprint density at radius 1 is 1.17 bits per heavy atom. The van der Waals surface area contributed by atoms with Gasteiger partial charge in [0.1, 0.15) is 29.9 Å². The Hall–Kier alpha value is -0.0900. The second-order valence-corrected chi connectivity index (χ2v) is 10.8. The quantitative estimate of drug-likeness (QED) is 0.343. The van der Waals surface area contributed by atoms with E-state index in [4.69, 9.17) is 16.3 Å². The highest BCUT2D eigenvalue weighted by Crippen LogP contribution is 2.34. The topological polar surface area (TPSA) is 111 Å². The van der Waals surface area contributed by atoms with Crippen LogP contribution in [0.15, 0.2) is 0 Å². The molecule has 2 heterocycles. The van der Waals surface area contributed by atoms with E-state index in [1.165, 1.54) is 43.9 Å². The third kappa shape index (κ3) is 5.82. The van der Waals surface area contributed by atoms with Gasteiger partial charge >= 0.3 is 0 Å². The minimum absolute atomic E-state index is 0.155. The number of alkyl halides is 1. The molecule has 3 fully saturated rings. The van der Waals surface area contributed by atoms with E-state index in [9.17, 15) is 20.1 Å². The molecule has 3 aliphatic rings. The summed E-state index contributed by atoms with van der Waals surface area (Å²) < 4.78 is 5.83. The number of amides is 1. The van der Waals surface area contributed by atoms with Crippen molar-refractivity contribution in [1.29, 1.82) is 0 Å². The zero-order valence-corrected chi connectivity index (χ0v) is 19.4. The summed E-state index contributed by atoms with van der Waals surface area (Å²) in [6.07, 6.45) is 5.33. The maximum atomic E-state index is 13.0. The van der Waals surface area contributed by atoms with Crippen molar-refractivity contribution in [1.82, 2.24) is 10.6 Å². The van der Waals surface area contributed by atoms with Gasteiger partial charge in [0.2, 0.25) is 5.91 Å². The Kier molecular flexibility index (Phi) is 9.14. The van der Waals surface area contributed by atoms with Gasteiger partial charge < -0.3 is 30.7 Å². The van der Waals surface area contributed by atoms with Gasteiger partial charge in [-0.1, -0.05) is 32.1 Å². The number of carbonyl (C=O) groups is 1. The summed E-state index contributed by atoms with van der Waals surface area (Å²) >= 11 is 7.60. The van der Waals surface area contributed by atoms with E-state index in [1.807, 2.05) is 0 Å². The average Bonchev–Trinajstić information content (AvgIpc) is 2.69. The lowest BCUT2D eigenvalue weighted by Gasteiger charge is -2.44. The smallest absolute Gasteiger partial charge is 0.237 e. The fourth-order valence-electron chi connectivity index (χ4n) is 4.80. The third-order valence-corrected chi connectivity index (χ3v) is 8.16. The third-order valence-electron chi connectivity index (χ3n) is 7.03. The number of nitrogens with one attached hydrogen (secondary N) is 2. The molecule has 0 spiro atoms. The van der Waals surface area contributed by atoms with Crippen LogP contribution in [0.1, 0.15) is 51.9 Å². The summed E-state index contributed by atoms with van der Waals surface area (Å²) in [4.78, 5) is 13.0. The molecule has 2 aliphatic heterocycles. The molecule has 1 saturated carbocycles. The first kappa shape index (κ1) is 24.6. The number of hydrogen-bond donors (Lipinski definition) is 5. The summed E-state index contributed by atoms with van der Waals surface area (Å²) in [6.45, 7) is 2.54. The summed E-state index contributed by atoms with van der Waals surface area (Å²) in [7, 11) is 0. The summed E-state index contributed by atoms with van der Waals surface area (Å²) in [5.41, 5.74) is -0.702. The average molecular weight is 465 g/mol. The first-order valence-electron chi connectivity index (χ1n) is 11.2. The lowest BCUT2D eigenvalue weighted by molar-refractivity contribution is -0.205. The first-order valence-corrected chi connectivity index (χ1v) is 12.9. The van der Waals surface area contributed by atoms with Crippen molar-refractivity contribution >= 4 is 29.3 Å². The molecule has 0 radical (unpaired) electrons. The highest BCUT2D eigenvalue weighted by atomic mass is 35.5. The lowest BCUT2D eigenvalue weighted by atomic mass is 9.78. The lowest BCUT2D eigenvalue weighted by Crippen LogP contribution is -2.65. The Labute approximate surface area is 188 Å². The van der Waals surface area contributed by atoms with E-state index in [0.717, 1.165) is 25.3 Å². The molecule has 2 saturated heterocycles. The number of hydrogen-bond acceptors (Lipinski definition) is 7. The molecule has 9 heteroatoms. The number of ether oxygens (including phenoxy) is 1. The Balaban J connectivity index is 1.59. The highest BCUT2D eigenvalue weighted by Gasteiger charge is 2.48. The van der Waals surface area contributed by atoms with Gasteiger partial charge in [-0.2, -0.15) is 0 Å². The van der Waals surface area contributed by atoms with Crippen molar-refractivity contribution in [3.63, 3.8) is 0 Å². The predicted octanol–water partition coefficient (Wildman–Crippen LogP) is 1.22. The monoisotopic (exact) mass is 464 g/mol. The zero-order chi connectivity index (χ0) is 21.8. The van der Waals surface area contributed by atoms with Crippen LogP contribution in [0.4, 0.5) is 0 Å². The van der Waals surface area contributed by atoms with Gasteiger partial charge in [0.25, 0.3) is 0 Å². The van der Waals surface area contributed by atoms with Gasteiger partial charge in [0, 0.05) is 0 Å². The maximum absolute atomic E-state index is 13.0. The van der Waals surface area contributed by atoms with Crippen LogP contribution in [0, 0.1) is 11.8 Å². The number of halogens is 1. The van der Waals surface area contributed by atoms with E-state index >= 15 is 0 Å². The minimum Gasteiger partial charge on any atom is -0.388 e. The van der Waals surface area contributed by atoms with E-state index < -0.39 is 41.3 Å². The van der Waals surface area contributed by atoms with Crippen LogP contribution < -0.4 is 10.6 Å². The van der Waals surface area contributed by atoms with Crippen LogP contribution in [0.5, 0.6) is 0 Å². The van der Waals surface area contributed by atoms with Crippen LogP contribution in [-0.4, -0.2) is 81.3 Å². The molecular formula is C21H37ClN2O5S. The first-order chi connectivity index (χ1) is 14.3.